The van der Waals surface area contributed by atoms with Crippen molar-refractivity contribution in [2.24, 2.45) is 0 Å². The normalized spacial score (nSPS) is 15.7. The first-order valence-corrected chi connectivity index (χ1v) is 12.8. The van der Waals surface area contributed by atoms with Gasteiger partial charge in [-0.3, -0.25) is 4.90 Å². The zero-order valence-electron chi connectivity index (χ0n) is 21.8. The Bertz CT molecular complexity index is 1420. The number of rotatable bonds is 7. The zero-order valence-corrected chi connectivity index (χ0v) is 21.8. The number of nitrogens with zero attached hydrogens (tertiary/aromatic N) is 3. The van der Waals surface area contributed by atoms with Crippen molar-refractivity contribution in [3.05, 3.63) is 112 Å². The fourth-order valence-electron chi connectivity index (χ4n) is 4.66. The molecule has 0 aliphatic carbocycles. The van der Waals surface area contributed by atoms with E-state index in [4.69, 9.17) is 9.51 Å². The first-order valence-electron chi connectivity index (χ1n) is 12.8. The minimum atomic E-state index is -0.400. The van der Waals surface area contributed by atoms with Gasteiger partial charge in [0.15, 0.2) is 0 Å². The Morgan fingerprint density at radius 2 is 1.43 bits per heavy atom. The Morgan fingerprint density at radius 1 is 0.838 bits per heavy atom. The molecule has 6 nitrogen and oxygen atoms in total. The third-order valence-electron chi connectivity index (χ3n) is 7.06. The maximum Gasteiger partial charge on any atom is 0.322 e. The van der Waals surface area contributed by atoms with Crippen LogP contribution in [0.4, 0.5) is 4.79 Å². The standard InChI is InChI=1S/C31H32N4O2/c1-5-22-9-11-24(12-10-22)19-35-21(4)27(28(32-31(35)36)25-15-7-20(3)8-16-25)30-33-29(34-37-30)26-17-13-23(6-2)14-18-26/h7-18,28H,5-6,19H2,1-4H3,(H,32,36). The second-order valence-corrected chi connectivity index (χ2v) is 9.52. The molecule has 0 saturated carbocycles. The highest BCUT2D eigenvalue weighted by Gasteiger charge is 2.35. The highest BCUT2D eigenvalue weighted by atomic mass is 16.5. The van der Waals surface area contributed by atoms with Crippen molar-refractivity contribution in [3.8, 4) is 11.4 Å². The average Bonchev–Trinajstić information content (AvgIpc) is 3.41. The number of hydrogen-bond acceptors (Lipinski definition) is 4. The van der Waals surface area contributed by atoms with Crippen LogP contribution in [-0.2, 0) is 19.4 Å². The molecule has 188 valence electrons. The fraction of sp³-hybridized carbons (Fsp3) is 0.258. The first-order chi connectivity index (χ1) is 18.0. The van der Waals surface area contributed by atoms with Crippen LogP contribution in [-0.4, -0.2) is 21.1 Å². The smallest absolute Gasteiger partial charge is 0.322 e. The monoisotopic (exact) mass is 492 g/mol. The van der Waals surface area contributed by atoms with Crippen molar-refractivity contribution in [3.63, 3.8) is 0 Å². The summed E-state index contributed by atoms with van der Waals surface area (Å²) >= 11 is 0. The molecule has 1 unspecified atom stereocenters. The maximum atomic E-state index is 13.4. The number of amides is 2. The van der Waals surface area contributed by atoms with Gasteiger partial charge in [-0.25, -0.2) is 4.79 Å². The van der Waals surface area contributed by atoms with Gasteiger partial charge in [0.25, 0.3) is 5.89 Å². The molecular weight excluding hydrogens is 460 g/mol. The van der Waals surface area contributed by atoms with E-state index in [1.807, 2.05) is 50.2 Å². The third-order valence-corrected chi connectivity index (χ3v) is 7.06. The largest absolute Gasteiger partial charge is 0.334 e. The molecule has 0 saturated heterocycles. The van der Waals surface area contributed by atoms with Crippen LogP contribution >= 0.6 is 0 Å². The summed E-state index contributed by atoms with van der Waals surface area (Å²) in [6.07, 6.45) is 1.95. The lowest BCUT2D eigenvalue weighted by molar-refractivity contribution is 0.203. The zero-order chi connectivity index (χ0) is 25.9. The number of carbonyl (C=O) groups is 1. The predicted octanol–water partition coefficient (Wildman–Crippen LogP) is 6.87. The Kier molecular flexibility index (Phi) is 6.91. The molecule has 1 aliphatic rings. The van der Waals surface area contributed by atoms with Crippen molar-refractivity contribution < 1.29 is 9.32 Å². The molecule has 1 aromatic heterocycles. The Balaban J connectivity index is 1.55. The second kappa shape index (κ2) is 10.4. The van der Waals surface area contributed by atoms with Crippen LogP contribution < -0.4 is 5.32 Å². The molecule has 5 rings (SSSR count). The summed E-state index contributed by atoms with van der Waals surface area (Å²) in [5.74, 6) is 0.934. The number of aryl methyl sites for hydroxylation is 3. The van der Waals surface area contributed by atoms with Crippen LogP contribution in [0.3, 0.4) is 0 Å². The van der Waals surface area contributed by atoms with Gasteiger partial charge >= 0.3 is 6.03 Å². The minimum Gasteiger partial charge on any atom is -0.334 e. The summed E-state index contributed by atoms with van der Waals surface area (Å²) in [5.41, 5.74) is 8.19. The number of benzene rings is 3. The third kappa shape index (κ3) is 5.05. The van der Waals surface area contributed by atoms with Gasteiger partial charge < -0.3 is 9.84 Å². The molecular formula is C31H32N4O2. The summed E-state index contributed by atoms with van der Waals surface area (Å²) in [6.45, 7) is 8.71. The predicted molar refractivity (Wildman–Crippen MR) is 146 cm³/mol. The van der Waals surface area contributed by atoms with Crippen LogP contribution in [0.15, 0.2) is 83.0 Å². The topological polar surface area (TPSA) is 71.3 Å². The SMILES string of the molecule is CCc1ccc(CN2C(=O)NC(c3ccc(C)cc3)C(c3nc(-c4ccc(CC)cc4)no3)=C2C)cc1. The molecule has 6 heteroatoms. The highest BCUT2D eigenvalue weighted by molar-refractivity contribution is 5.86. The van der Waals surface area contributed by atoms with Crippen LogP contribution in [0.1, 0.15) is 60.5 Å². The van der Waals surface area contributed by atoms with E-state index < -0.39 is 6.04 Å². The van der Waals surface area contributed by atoms with Crippen molar-refractivity contribution >= 4 is 11.6 Å². The molecule has 0 radical (unpaired) electrons. The number of allylic oxidation sites excluding steroid dienone is 1. The molecule has 0 spiro atoms. The van der Waals surface area contributed by atoms with Gasteiger partial charge in [-0.15, -0.1) is 0 Å². The Hall–Kier alpha value is -4.19. The lowest BCUT2D eigenvalue weighted by Gasteiger charge is -2.35. The molecule has 4 aromatic rings. The van der Waals surface area contributed by atoms with Crippen molar-refractivity contribution in [1.82, 2.24) is 20.4 Å². The number of nitrogens with one attached hydrogen (secondary N) is 1. The van der Waals surface area contributed by atoms with Gasteiger partial charge in [-0.05, 0) is 48.9 Å². The van der Waals surface area contributed by atoms with Gasteiger partial charge in [0.05, 0.1) is 18.2 Å². The van der Waals surface area contributed by atoms with E-state index in [9.17, 15) is 4.79 Å². The van der Waals surface area contributed by atoms with Gasteiger partial charge in [0.1, 0.15) is 0 Å². The quantitative estimate of drug-likeness (QED) is 0.306. The van der Waals surface area contributed by atoms with Crippen LogP contribution in [0, 0.1) is 6.92 Å². The first kappa shape index (κ1) is 24.5. The molecule has 0 bridgehead atoms. The summed E-state index contributed by atoms with van der Waals surface area (Å²) in [5, 5.41) is 7.48. The van der Waals surface area contributed by atoms with E-state index in [2.05, 4.69) is 60.7 Å². The molecule has 0 fully saturated rings. The van der Waals surface area contributed by atoms with Gasteiger partial charge in [-0.1, -0.05) is 97.4 Å². The Labute approximate surface area is 218 Å². The van der Waals surface area contributed by atoms with Crippen molar-refractivity contribution in [1.29, 1.82) is 0 Å². The summed E-state index contributed by atoms with van der Waals surface area (Å²) in [7, 11) is 0. The van der Waals surface area contributed by atoms with Crippen LogP contribution in [0.25, 0.3) is 17.0 Å². The fourth-order valence-corrected chi connectivity index (χ4v) is 4.66. The molecule has 2 heterocycles. The van der Waals surface area contributed by atoms with Crippen LogP contribution in [0.5, 0.6) is 0 Å². The molecule has 1 N–H and O–H groups in total. The van der Waals surface area contributed by atoms with E-state index in [-0.39, 0.29) is 6.03 Å². The van der Waals surface area contributed by atoms with Crippen molar-refractivity contribution in [2.75, 3.05) is 0 Å². The highest BCUT2D eigenvalue weighted by Crippen LogP contribution is 2.38. The van der Waals surface area contributed by atoms with E-state index in [0.717, 1.165) is 46.4 Å². The van der Waals surface area contributed by atoms with Crippen molar-refractivity contribution in [2.45, 2.75) is 53.1 Å². The van der Waals surface area contributed by atoms with Crippen LogP contribution in [0.2, 0.25) is 0 Å². The Morgan fingerprint density at radius 3 is 2.05 bits per heavy atom. The molecule has 37 heavy (non-hydrogen) atoms. The molecule has 1 atom stereocenters. The summed E-state index contributed by atoms with van der Waals surface area (Å²) in [6, 6.07) is 24.2. The molecule has 2 amide bonds. The average molecular weight is 493 g/mol. The minimum absolute atomic E-state index is 0.152. The summed E-state index contributed by atoms with van der Waals surface area (Å²) in [4.78, 5) is 19.9. The van der Waals surface area contributed by atoms with E-state index in [0.29, 0.717) is 18.3 Å². The number of carbonyl (C=O) groups excluding carboxylic acids is 1. The number of urea groups is 1. The van der Waals surface area contributed by atoms with E-state index in [1.54, 1.807) is 4.90 Å². The van der Waals surface area contributed by atoms with E-state index in [1.165, 1.54) is 11.1 Å². The number of hydrogen-bond donors (Lipinski definition) is 1. The van der Waals surface area contributed by atoms with Gasteiger partial charge in [-0.2, -0.15) is 4.98 Å². The van der Waals surface area contributed by atoms with Gasteiger partial charge in [0, 0.05) is 11.3 Å². The summed E-state index contributed by atoms with van der Waals surface area (Å²) < 4.78 is 5.83. The molecule has 3 aromatic carbocycles. The lowest BCUT2D eigenvalue weighted by atomic mass is 9.94. The lowest BCUT2D eigenvalue weighted by Crippen LogP contribution is -2.45. The number of aromatic nitrogens is 2. The molecule has 1 aliphatic heterocycles. The van der Waals surface area contributed by atoms with Gasteiger partial charge in [0.2, 0.25) is 5.82 Å². The second-order valence-electron chi connectivity index (χ2n) is 9.52. The maximum absolute atomic E-state index is 13.4. The van der Waals surface area contributed by atoms with E-state index >= 15 is 0 Å².